The van der Waals surface area contributed by atoms with Crippen LogP contribution < -0.4 is 0 Å². The maximum absolute atomic E-state index is 12.9. The van der Waals surface area contributed by atoms with Crippen LogP contribution in [0.1, 0.15) is 367 Å². The number of carbonyl (C=O) groups is 3. The predicted octanol–water partition coefficient (Wildman–Crippen LogP) is 23.3. The standard InChI is InChI=1S/C71H130O6/c1-4-7-10-13-16-19-22-25-28-29-30-31-32-33-34-35-36-37-38-39-40-41-44-46-49-52-55-58-61-64-70(73)76-67-68(77-71(74)65-62-59-56-53-50-47-43-27-24-21-18-15-12-9-6-3)66-75-69(72)63-60-57-54-51-48-45-42-26-23-20-17-14-11-8-5-2/h18,21,26-27,29-30,42-43,68H,4-17,19-20,22-25,28,31-41,44-67H2,1-3H3/b21-18-,30-29-,42-26-,43-27-. The average molecular weight is 1080 g/mol. The second-order valence-corrected chi connectivity index (χ2v) is 23.1. The van der Waals surface area contributed by atoms with Crippen LogP contribution in [0.5, 0.6) is 0 Å². The average Bonchev–Trinajstić information content (AvgIpc) is 3.43. The number of carbonyl (C=O) groups excluding carboxylic acids is 3. The highest BCUT2D eigenvalue weighted by Gasteiger charge is 2.19. The van der Waals surface area contributed by atoms with E-state index in [4.69, 9.17) is 14.2 Å². The molecule has 1 unspecified atom stereocenters. The van der Waals surface area contributed by atoms with Gasteiger partial charge in [-0.25, -0.2) is 0 Å². The van der Waals surface area contributed by atoms with E-state index >= 15 is 0 Å². The highest BCUT2D eigenvalue weighted by Crippen LogP contribution is 2.17. The van der Waals surface area contributed by atoms with Gasteiger partial charge in [0.1, 0.15) is 13.2 Å². The molecule has 0 N–H and O–H groups in total. The first kappa shape index (κ1) is 74.4. The second-order valence-electron chi connectivity index (χ2n) is 23.1. The first-order chi connectivity index (χ1) is 38.0. The Morgan fingerprint density at radius 2 is 0.468 bits per heavy atom. The minimum absolute atomic E-state index is 0.0782. The van der Waals surface area contributed by atoms with Crippen molar-refractivity contribution in [1.82, 2.24) is 0 Å². The van der Waals surface area contributed by atoms with E-state index in [9.17, 15) is 14.4 Å². The molecule has 450 valence electrons. The van der Waals surface area contributed by atoms with Gasteiger partial charge in [0.2, 0.25) is 0 Å². The lowest BCUT2D eigenvalue weighted by molar-refractivity contribution is -0.167. The number of rotatable bonds is 63. The molecule has 0 aromatic rings. The molecule has 6 nitrogen and oxygen atoms in total. The zero-order valence-electron chi connectivity index (χ0n) is 51.7. The van der Waals surface area contributed by atoms with Gasteiger partial charge in [0.25, 0.3) is 0 Å². The molecule has 0 aromatic carbocycles. The van der Waals surface area contributed by atoms with E-state index in [0.29, 0.717) is 19.3 Å². The monoisotopic (exact) mass is 1080 g/mol. The molecule has 0 aliphatic carbocycles. The zero-order valence-corrected chi connectivity index (χ0v) is 51.7. The van der Waals surface area contributed by atoms with E-state index in [0.717, 1.165) is 89.9 Å². The molecule has 0 rings (SSSR count). The van der Waals surface area contributed by atoms with E-state index in [1.165, 1.54) is 238 Å². The Morgan fingerprint density at radius 1 is 0.260 bits per heavy atom. The van der Waals surface area contributed by atoms with Gasteiger partial charge >= 0.3 is 17.9 Å². The van der Waals surface area contributed by atoms with E-state index in [-0.39, 0.29) is 31.1 Å². The topological polar surface area (TPSA) is 78.9 Å². The summed E-state index contributed by atoms with van der Waals surface area (Å²) in [6.07, 6.45) is 82.8. The van der Waals surface area contributed by atoms with Crippen LogP contribution in [0.15, 0.2) is 48.6 Å². The molecule has 0 aliphatic rings. The highest BCUT2D eigenvalue weighted by atomic mass is 16.6. The van der Waals surface area contributed by atoms with Crippen LogP contribution in [0.25, 0.3) is 0 Å². The fourth-order valence-electron chi connectivity index (χ4n) is 10.1. The van der Waals surface area contributed by atoms with Gasteiger partial charge in [0.05, 0.1) is 0 Å². The molecule has 0 radical (unpaired) electrons. The molecule has 0 saturated heterocycles. The van der Waals surface area contributed by atoms with Crippen molar-refractivity contribution in [3.8, 4) is 0 Å². The van der Waals surface area contributed by atoms with Crippen molar-refractivity contribution in [2.24, 2.45) is 0 Å². The van der Waals surface area contributed by atoms with Gasteiger partial charge < -0.3 is 14.2 Å². The Kier molecular flexibility index (Phi) is 63.6. The lowest BCUT2D eigenvalue weighted by atomic mass is 10.0. The third-order valence-corrected chi connectivity index (χ3v) is 15.3. The van der Waals surface area contributed by atoms with Crippen molar-refractivity contribution in [3.63, 3.8) is 0 Å². The summed E-state index contributed by atoms with van der Waals surface area (Å²) in [5, 5.41) is 0. The molecule has 6 heteroatoms. The minimum atomic E-state index is -0.783. The number of hydrogen-bond donors (Lipinski definition) is 0. The molecule has 0 heterocycles. The summed E-state index contributed by atoms with van der Waals surface area (Å²) in [5.74, 6) is -0.880. The van der Waals surface area contributed by atoms with E-state index in [1.807, 2.05) is 0 Å². The molecule has 0 fully saturated rings. The lowest BCUT2D eigenvalue weighted by Crippen LogP contribution is -2.30. The van der Waals surface area contributed by atoms with Gasteiger partial charge in [-0.05, 0) is 103 Å². The third kappa shape index (κ3) is 64.1. The molecular weight excluding hydrogens is 949 g/mol. The summed E-state index contributed by atoms with van der Waals surface area (Å²) in [5.41, 5.74) is 0. The summed E-state index contributed by atoms with van der Waals surface area (Å²) in [6, 6.07) is 0. The number of hydrogen-bond acceptors (Lipinski definition) is 6. The van der Waals surface area contributed by atoms with Gasteiger partial charge in [-0.2, -0.15) is 0 Å². The number of esters is 3. The van der Waals surface area contributed by atoms with Crippen molar-refractivity contribution in [2.45, 2.75) is 374 Å². The van der Waals surface area contributed by atoms with Crippen LogP contribution in [0.4, 0.5) is 0 Å². The normalized spacial score (nSPS) is 12.3. The largest absolute Gasteiger partial charge is 0.462 e. The summed E-state index contributed by atoms with van der Waals surface area (Å²) >= 11 is 0. The van der Waals surface area contributed by atoms with Gasteiger partial charge in [-0.1, -0.05) is 294 Å². The molecule has 0 bridgehead atoms. The lowest BCUT2D eigenvalue weighted by Gasteiger charge is -2.18. The van der Waals surface area contributed by atoms with Gasteiger partial charge in [0.15, 0.2) is 6.10 Å². The van der Waals surface area contributed by atoms with Crippen molar-refractivity contribution in [3.05, 3.63) is 48.6 Å². The Hall–Kier alpha value is -2.63. The fourth-order valence-corrected chi connectivity index (χ4v) is 10.1. The van der Waals surface area contributed by atoms with Crippen LogP contribution in [0.3, 0.4) is 0 Å². The Labute approximate surface area is 479 Å². The quantitative estimate of drug-likeness (QED) is 0.0261. The van der Waals surface area contributed by atoms with Crippen LogP contribution in [0, 0.1) is 0 Å². The molecule has 0 aliphatic heterocycles. The van der Waals surface area contributed by atoms with Crippen molar-refractivity contribution >= 4 is 17.9 Å². The Balaban J connectivity index is 4.20. The summed E-state index contributed by atoms with van der Waals surface area (Å²) < 4.78 is 16.9. The fraction of sp³-hybridized carbons (Fsp3) is 0.845. The Morgan fingerprint density at radius 3 is 0.753 bits per heavy atom. The molecule has 0 saturated carbocycles. The molecule has 0 amide bonds. The van der Waals surface area contributed by atoms with Gasteiger partial charge in [-0.3, -0.25) is 14.4 Å². The first-order valence-corrected chi connectivity index (χ1v) is 34.1. The summed E-state index contributed by atoms with van der Waals surface area (Å²) in [6.45, 7) is 6.64. The van der Waals surface area contributed by atoms with Crippen LogP contribution in [-0.4, -0.2) is 37.2 Å². The zero-order chi connectivity index (χ0) is 55.7. The molecule has 77 heavy (non-hydrogen) atoms. The van der Waals surface area contributed by atoms with Crippen molar-refractivity contribution in [1.29, 1.82) is 0 Å². The van der Waals surface area contributed by atoms with Crippen molar-refractivity contribution < 1.29 is 28.6 Å². The second kappa shape index (κ2) is 65.9. The molecule has 0 spiro atoms. The third-order valence-electron chi connectivity index (χ3n) is 15.3. The molecule has 0 aromatic heterocycles. The Bertz CT molecular complexity index is 1330. The van der Waals surface area contributed by atoms with E-state index in [2.05, 4.69) is 69.4 Å². The van der Waals surface area contributed by atoms with Crippen LogP contribution in [-0.2, 0) is 28.6 Å². The van der Waals surface area contributed by atoms with Crippen LogP contribution in [0.2, 0.25) is 0 Å². The van der Waals surface area contributed by atoms with E-state index in [1.54, 1.807) is 0 Å². The summed E-state index contributed by atoms with van der Waals surface area (Å²) in [4.78, 5) is 38.3. The SMILES string of the molecule is CCCCC/C=C\C/C=C\CCCCCCCC(=O)OC(COC(=O)CCCCCCC/C=C\CCCCCCCC)COC(=O)CCCCCCCCCCCCCCCCCCC/C=C\CCCCCCCCCC. The van der Waals surface area contributed by atoms with Gasteiger partial charge in [-0.15, -0.1) is 0 Å². The summed E-state index contributed by atoms with van der Waals surface area (Å²) in [7, 11) is 0. The predicted molar refractivity (Wildman–Crippen MR) is 335 cm³/mol. The molecule has 1 atom stereocenters. The maximum atomic E-state index is 12.9. The molecular formula is C71H130O6. The number of allylic oxidation sites excluding steroid dienone is 8. The number of unbranched alkanes of at least 4 members (excludes halogenated alkanes) is 44. The maximum Gasteiger partial charge on any atom is 0.306 e. The first-order valence-electron chi connectivity index (χ1n) is 34.1. The minimum Gasteiger partial charge on any atom is -0.462 e. The smallest absolute Gasteiger partial charge is 0.306 e. The van der Waals surface area contributed by atoms with E-state index < -0.39 is 6.10 Å². The highest BCUT2D eigenvalue weighted by molar-refractivity contribution is 5.71. The van der Waals surface area contributed by atoms with Crippen LogP contribution >= 0.6 is 0 Å². The van der Waals surface area contributed by atoms with Crippen molar-refractivity contribution in [2.75, 3.05) is 13.2 Å². The van der Waals surface area contributed by atoms with Gasteiger partial charge in [0, 0.05) is 19.3 Å². The number of ether oxygens (including phenoxy) is 3.